The molecule has 112 valence electrons. The van der Waals surface area contributed by atoms with E-state index in [9.17, 15) is 0 Å². The van der Waals surface area contributed by atoms with Gasteiger partial charge in [0, 0.05) is 7.11 Å². The standard InChI is InChI=1S/C16H19NO4/c1-17-16(14-6-4-12(21-14)10-18-2)11-3-5-13-15(9-11)20-8-7-19-13/h3-6,9,16-17H,7-8,10H2,1-2H3. The number of hydrogen-bond donors (Lipinski definition) is 1. The summed E-state index contributed by atoms with van der Waals surface area (Å²) in [5, 5.41) is 3.27. The van der Waals surface area contributed by atoms with Crippen molar-refractivity contribution in [1.82, 2.24) is 5.32 Å². The first-order chi connectivity index (χ1) is 10.3. The van der Waals surface area contributed by atoms with E-state index in [1.807, 2.05) is 37.4 Å². The van der Waals surface area contributed by atoms with Crippen LogP contribution in [0, 0.1) is 0 Å². The summed E-state index contributed by atoms with van der Waals surface area (Å²) in [6.07, 6.45) is 0. The molecule has 2 heterocycles. The van der Waals surface area contributed by atoms with Gasteiger partial charge >= 0.3 is 0 Å². The molecule has 0 saturated heterocycles. The molecule has 1 N–H and O–H groups in total. The number of rotatable bonds is 5. The van der Waals surface area contributed by atoms with E-state index >= 15 is 0 Å². The van der Waals surface area contributed by atoms with Gasteiger partial charge in [-0.25, -0.2) is 0 Å². The number of furan rings is 1. The Morgan fingerprint density at radius 3 is 2.71 bits per heavy atom. The Morgan fingerprint density at radius 1 is 1.14 bits per heavy atom. The molecule has 1 aromatic carbocycles. The zero-order valence-corrected chi connectivity index (χ0v) is 12.2. The normalized spacial score (nSPS) is 15.0. The lowest BCUT2D eigenvalue weighted by Crippen LogP contribution is -2.19. The summed E-state index contributed by atoms with van der Waals surface area (Å²) in [6.45, 7) is 1.65. The van der Waals surface area contributed by atoms with Gasteiger partial charge in [-0.1, -0.05) is 6.07 Å². The van der Waals surface area contributed by atoms with Crippen molar-refractivity contribution in [2.75, 3.05) is 27.4 Å². The molecule has 0 radical (unpaired) electrons. The molecule has 0 bridgehead atoms. The van der Waals surface area contributed by atoms with Gasteiger partial charge < -0.3 is 23.9 Å². The van der Waals surface area contributed by atoms with E-state index < -0.39 is 0 Å². The molecule has 1 aliphatic rings. The van der Waals surface area contributed by atoms with Gasteiger partial charge in [0.2, 0.25) is 0 Å². The molecule has 1 unspecified atom stereocenters. The number of benzene rings is 1. The average molecular weight is 289 g/mol. The maximum atomic E-state index is 5.82. The second kappa shape index (κ2) is 6.20. The van der Waals surface area contributed by atoms with Gasteiger partial charge in [0.25, 0.3) is 0 Å². The van der Waals surface area contributed by atoms with Crippen molar-refractivity contribution in [1.29, 1.82) is 0 Å². The fourth-order valence-corrected chi connectivity index (χ4v) is 2.48. The summed E-state index contributed by atoms with van der Waals surface area (Å²) in [4.78, 5) is 0. The Morgan fingerprint density at radius 2 is 1.95 bits per heavy atom. The molecule has 0 saturated carbocycles. The van der Waals surface area contributed by atoms with Gasteiger partial charge in [-0.3, -0.25) is 0 Å². The predicted octanol–water partition coefficient (Wildman–Crippen LogP) is 2.51. The minimum Gasteiger partial charge on any atom is -0.486 e. The van der Waals surface area contributed by atoms with Crippen LogP contribution in [0.4, 0.5) is 0 Å². The van der Waals surface area contributed by atoms with E-state index in [0.29, 0.717) is 19.8 Å². The number of ether oxygens (including phenoxy) is 3. The fourth-order valence-electron chi connectivity index (χ4n) is 2.48. The van der Waals surface area contributed by atoms with Crippen LogP contribution in [0.15, 0.2) is 34.7 Å². The first-order valence-corrected chi connectivity index (χ1v) is 6.96. The highest BCUT2D eigenvalue weighted by Gasteiger charge is 2.19. The second-order valence-corrected chi connectivity index (χ2v) is 4.86. The SMILES string of the molecule is CNC(c1ccc2c(c1)OCCO2)c1ccc(COC)o1. The summed E-state index contributed by atoms with van der Waals surface area (Å²) in [5.41, 5.74) is 1.07. The van der Waals surface area contributed by atoms with Crippen molar-refractivity contribution in [3.63, 3.8) is 0 Å². The highest BCUT2D eigenvalue weighted by molar-refractivity contribution is 5.45. The number of methoxy groups -OCH3 is 1. The molecule has 0 amide bonds. The van der Waals surface area contributed by atoms with Crippen molar-refractivity contribution in [2.45, 2.75) is 12.6 Å². The minimum atomic E-state index is -0.0357. The molecule has 1 atom stereocenters. The van der Waals surface area contributed by atoms with Crippen LogP contribution in [-0.2, 0) is 11.3 Å². The molecular formula is C16H19NO4. The van der Waals surface area contributed by atoms with E-state index in [0.717, 1.165) is 28.6 Å². The summed E-state index contributed by atoms with van der Waals surface area (Å²) in [7, 11) is 3.55. The molecule has 1 aromatic heterocycles. The average Bonchev–Trinajstić information content (AvgIpc) is 2.97. The van der Waals surface area contributed by atoms with Gasteiger partial charge in [0.15, 0.2) is 11.5 Å². The lowest BCUT2D eigenvalue weighted by molar-refractivity contribution is 0.162. The smallest absolute Gasteiger partial charge is 0.161 e. The molecule has 0 spiro atoms. The zero-order chi connectivity index (χ0) is 14.7. The van der Waals surface area contributed by atoms with Crippen molar-refractivity contribution < 1.29 is 18.6 Å². The lowest BCUT2D eigenvalue weighted by Gasteiger charge is -2.21. The molecular weight excluding hydrogens is 270 g/mol. The van der Waals surface area contributed by atoms with Gasteiger partial charge in [0.1, 0.15) is 31.3 Å². The van der Waals surface area contributed by atoms with E-state index in [2.05, 4.69) is 5.32 Å². The third-order valence-electron chi connectivity index (χ3n) is 3.44. The fraction of sp³-hybridized carbons (Fsp3) is 0.375. The molecule has 2 aromatic rings. The van der Waals surface area contributed by atoms with Crippen molar-refractivity contribution in [2.24, 2.45) is 0 Å². The molecule has 5 heteroatoms. The first kappa shape index (κ1) is 14.0. The Labute approximate surface area is 123 Å². The monoisotopic (exact) mass is 289 g/mol. The zero-order valence-electron chi connectivity index (χ0n) is 12.2. The molecule has 0 aliphatic carbocycles. The molecule has 1 aliphatic heterocycles. The van der Waals surface area contributed by atoms with Crippen LogP contribution in [0.25, 0.3) is 0 Å². The van der Waals surface area contributed by atoms with Crippen molar-refractivity contribution >= 4 is 0 Å². The Hall–Kier alpha value is -1.98. The third-order valence-corrected chi connectivity index (χ3v) is 3.44. The number of fused-ring (bicyclic) bond motifs is 1. The van der Waals surface area contributed by atoms with Crippen LogP contribution >= 0.6 is 0 Å². The highest BCUT2D eigenvalue weighted by atomic mass is 16.6. The lowest BCUT2D eigenvalue weighted by atomic mass is 10.0. The largest absolute Gasteiger partial charge is 0.486 e. The topological polar surface area (TPSA) is 52.9 Å². The van der Waals surface area contributed by atoms with Crippen LogP contribution in [0.1, 0.15) is 23.1 Å². The Kier molecular flexibility index (Phi) is 4.13. The third kappa shape index (κ3) is 2.89. The molecule has 3 rings (SSSR count). The van der Waals surface area contributed by atoms with Crippen LogP contribution in [0.3, 0.4) is 0 Å². The van der Waals surface area contributed by atoms with Gasteiger partial charge in [-0.15, -0.1) is 0 Å². The molecule has 0 fully saturated rings. The summed E-state index contributed by atoms with van der Waals surface area (Å²) in [5.74, 6) is 3.23. The number of nitrogens with one attached hydrogen (secondary N) is 1. The Balaban J connectivity index is 1.88. The molecule has 5 nitrogen and oxygen atoms in total. The summed E-state index contributed by atoms with van der Waals surface area (Å²) >= 11 is 0. The van der Waals surface area contributed by atoms with Gasteiger partial charge in [-0.2, -0.15) is 0 Å². The van der Waals surface area contributed by atoms with E-state index in [1.54, 1.807) is 7.11 Å². The molecule has 21 heavy (non-hydrogen) atoms. The van der Waals surface area contributed by atoms with Crippen LogP contribution in [-0.4, -0.2) is 27.4 Å². The first-order valence-electron chi connectivity index (χ1n) is 6.96. The van der Waals surface area contributed by atoms with Crippen molar-refractivity contribution in [3.8, 4) is 11.5 Å². The van der Waals surface area contributed by atoms with Crippen LogP contribution in [0.5, 0.6) is 11.5 Å². The summed E-state index contributed by atoms with van der Waals surface area (Å²) < 4.78 is 22.1. The van der Waals surface area contributed by atoms with Gasteiger partial charge in [0.05, 0.1) is 6.04 Å². The van der Waals surface area contributed by atoms with Crippen LogP contribution in [0.2, 0.25) is 0 Å². The predicted molar refractivity (Wildman–Crippen MR) is 77.8 cm³/mol. The second-order valence-electron chi connectivity index (χ2n) is 4.86. The quantitative estimate of drug-likeness (QED) is 0.916. The van der Waals surface area contributed by atoms with E-state index in [4.69, 9.17) is 18.6 Å². The Bertz CT molecular complexity index is 608. The minimum absolute atomic E-state index is 0.0357. The van der Waals surface area contributed by atoms with Crippen LogP contribution < -0.4 is 14.8 Å². The number of hydrogen-bond acceptors (Lipinski definition) is 5. The van der Waals surface area contributed by atoms with E-state index in [-0.39, 0.29) is 6.04 Å². The maximum absolute atomic E-state index is 5.82. The highest BCUT2D eigenvalue weighted by Crippen LogP contribution is 2.34. The maximum Gasteiger partial charge on any atom is 0.161 e. The summed E-state index contributed by atoms with van der Waals surface area (Å²) in [6, 6.07) is 9.81. The van der Waals surface area contributed by atoms with E-state index in [1.165, 1.54) is 0 Å². The van der Waals surface area contributed by atoms with Crippen molar-refractivity contribution in [3.05, 3.63) is 47.4 Å². The van der Waals surface area contributed by atoms with Gasteiger partial charge in [-0.05, 0) is 36.9 Å².